The fourth-order valence-electron chi connectivity index (χ4n) is 12.6. The lowest BCUT2D eigenvalue weighted by molar-refractivity contribution is -0.161. The largest absolute Gasteiger partial charge is 0.472 e. The van der Waals surface area contributed by atoms with Crippen molar-refractivity contribution < 1.29 is 80.2 Å². The number of aliphatic hydroxyl groups is 1. The maximum absolute atomic E-state index is 13.1. The van der Waals surface area contributed by atoms with Crippen molar-refractivity contribution in [2.45, 2.75) is 451 Å². The van der Waals surface area contributed by atoms with Crippen molar-refractivity contribution in [1.82, 2.24) is 0 Å². The minimum Gasteiger partial charge on any atom is -0.462 e. The van der Waals surface area contributed by atoms with Crippen molar-refractivity contribution in [3.8, 4) is 0 Å². The third-order valence-electron chi connectivity index (χ3n) is 19.0. The Balaban J connectivity index is 5.20. The number of unbranched alkanes of at least 4 members (excludes halogenated alkanes) is 53. The summed E-state index contributed by atoms with van der Waals surface area (Å²) in [6, 6.07) is 0. The van der Waals surface area contributed by atoms with E-state index in [2.05, 4.69) is 34.6 Å². The van der Waals surface area contributed by atoms with Gasteiger partial charge in [0.25, 0.3) is 0 Å². The van der Waals surface area contributed by atoms with E-state index < -0.39 is 97.5 Å². The fraction of sp³-hybridized carbons (Fsp3) is 0.951. The van der Waals surface area contributed by atoms with Gasteiger partial charge in [0.2, 0.25) is 0 Å². The monoisotopic (exact) mass is 1470 g/mol. The molecule has 0 aromatic rings. The van der Waals surface area contributed by atoms with Gasteiger partial charge in [0.05, 0.1) is 26.4 Å². The zero-order valence-electron chi connectivity index (χ0n) is 65.3. The molecule has 594 valence electrons. The second kappa shape index (κ2) is 73.9. The first kappa shape index (κ1) is 98.1. The highest BCUT2D eigenvalue weighted by atomic mass is 31.2. The van der Waals surface area contributed by atoms with Gasteiger partial charge in [-0.3, -0.25) is 37.3 Å². The Morgan fingerprint density at radius 2 is 0.460 bits per heavy atom. The Hall–Kier alpha value is -1.94. The van der Waals surface area contributed by atoms with Gasteiger partial charge in [0.15, 0.2) is 12.2 Å². The number of phosphoric ester groups is 2. The van der Waals surface area contributed by atoms with E-state index >= 15 is 0 Å². The molecule has 0 rings (SSSR count). The second-order valence-electron chi connectivity index (χ2n) is 29.6. The SMILES string of the molecule is CCCCCCCCCCCCCCCCCCCCCCCC(=O)O[C@H](COC(=O)CCCCCCCCCCCCCCCCCC(C)C)COP(=O)(O)OC[C@@H](O)COP(=O)(O)OC[C@@H](COC(=O)CCCCCCCCCCCC)OC(=O)CCCCCCCCCCCCC. The van der Waals surface area contributed by atoms with Gasteiger partial charge in [-0.25, -0.2) is 9.13 Å². The Morgan fingerprint density at radius 3 is 0.680 bits per heavy atom. The van der Waals surface area contributed by atoms with Crippen molar-refractivity contribution in [3.63, 3.8) is 0 Å². The van der Waals surface area contributed by atoms with Crippen LogP contribution in [-0.4, -0.2) is 96.7 Å². The predicted molar refractivity (Wildman–Crippen MR) is 409 cm³/mol. The van der Waals surface area contributed by atoms with Crippen LogP contribution in [0.3, 0.4) is 0 Å². The summed E-state index contributed by atoms with van der Waals surface area (Å²) in [6.07, 6.45) is 65.3. The number of aliphatic hydroxyl groups excluding tert-OH is 1. The molecule has 100 heavy (non-hydrogen) atoms. The summed E-state index contributed by atoms with van der Waals surface area (Å²) in [7, 11) is -9.91. The number of ether oxygens (including phenoxy) is 4. The number of rotatable bonds is 81. The van der Waals surface area contributed by atoms with E-state index in [-0.39, 0.29) is 25.7 Å². The van der Waals surface area contributed by atoms with Crippen LogP contribution in [0, 0.1) is 5.92 Å². The Kier molecular flexibility index (Phi) is 72.5. The van der Waals surface area contributed by atoms with Crippen molar-refractivity contribution in [2.24, 2.45) is 5.92 Å². The minimum absolute atomic E-state index is 0.107. The van der Waals surface area contributed by atoms with E-state index in [0.29, 0.717) is 25.7 Å². The molecule has 0 saturated carbocycles. The molecule has 0 fully saturated rings. The van der Waals surface area contributed by atoms with E-state index in [1.807, 2.05) is 0 Å². The minimum atomic E-state index is -4.96. The third kappa shape index (κ3) is 74.3. The molecule has 5 atom stereocenters. The molecule has 0 aromatic heterocycles. The third-order valence-corrected chi connectivity index (χ3v) is 20.9. The summed E-state index contributed by atoms with van der Waals surface area (Å²) in [5.74, 6) is -1.30. The molecule has 0 aliphatic heterocycles. The maximum Gasteiger partial charge on any atom is 0.472 e. The highest BCUT2D eigenvalue weighted by Gasteiger charge is 2.30. The molecule has 0 heterocycles. The van der Waals surface area contributed by atoms with Crippen LogP contribution >= 0.6 is 15.6 Å². The molecule has 0 aromatic carbocycles. The Labute approximate surface area is 613 Å². The topological polar surface area (TPSA) is 237 Å². The normalized spacial score (nSPS) is 13.8. The molecule has 0 saturated heterocycles. The van der Waals surface area contributed by atoms with E-state index in [9.17, 15) is 43.2 Å². The van der Waals surface area contributed by atoms with Crippen LogP contribution < -0.4 is 0 Å². The number of carbonyl (C=O) groups excluding carboxylic acids is 4. The van der Waals surface area contributed by atoms with Crippen LogP contribution in [0.5, 0.6) is 0 Å². The fourth-order valence-corrected chi connectivity index (χ4v) is 14.2. The molecule has 0 radical (unpaired) electrons. The van der Waals surface area contributed by atoms with E-state index in [4.69, 9.17) is 37.0 Å². The van der Waals surface area contributed by atoms with Gasteiger partial charge in [0.1, 0.15) is 19.3 Å². The molecule has 0 spiro atoms. The summed E-state index contributed by atoms with van der Waals surface area (Å²) in [4.78, 5) is 72.9. The molecule has 3 N–H and O–H groups in total. The van der Waals surface area contributed by atoms with Crippen molar-refractivity contribution >= 4 is 39.5 Å². The van der Waals surface area contributed by atoms with Crippen LogP contribution in [0.2, 0.25) is 0 Å². The first-order valence-corrected chi connectivity index (χ1v) is 45.1. The predicted octanol–water partition coefficient (Wildman–Crippen LogP) is 24.4. The molecule has 0 amide bonds. The Morgan fingerprint density at radius 1 is 0.270 bits per heavy atom. The summed E-state index contributed by atoms with van der Waals surface area (Å²) in [5.41, 5.74) is 0. The summed E-state index contributed by atoms with van der Waals surface area (Å²) < 4.78 is 68.7. The van der Waals surface area contributed by atoms with Crippen LogP contribution in [0.25, 0.3) is 0 Å². The van der Waals surface area contributed by atoms with Crippen LogP contribution in [-0.2, 0) is 65.4 Å². The molecule has 0 bridgehead atoms. The molecular weight excluding hydrogens is 1310 g/mol. The number of esters is 4. The lowest BCUT2D eigenvalue weighted by atomic mass is 10.0. The van der Waals surface area contributed by atoms with Crippen LogP contribution in [0.4, 0.5) is 0 Å². The number of hydrogen-bond donors (Lipinski definition) is 3. The molecule has 17 nitrogen and oxygen atoms in total. The van der Waals surface area contributed by atoms with Crippen molar-refractivity contribution in [2.75, 3.05) is 39.6 Å². The smallest absolute Gasteiger partial charge is 0.462 e. The molecule has 2 unspecified atom stereocenters. The zero-order valence-corrected chi connectivity index (χ0v) is 67.1. The van der Waals surface area contributed by atoms with Crippen molar-refractivity contribution in [1.29, 1.82) is 0 Å². The summed E-state index contributed by atoms with van der Waals surface area (Å²) >= 11 is 0. The second-order valence-corrected chi connectivity index (χ2v) is 32.5. The van der Waals surface area contributed by atoms with Crippen LogP contribution in [0.15, 0.2) is 0 Å². The Bertz CT molecular complexity index is 1910. The standard InChI is InChI=1S/C81H158O17P2/c1-6-9-12-15-18-21-24-25-26-27-28-29-30-31-34-38-42-47-52-57-62-67-81(86)98-77(71-92-79(84)65-60-55-50-45-41-37-35-32-33-36-40-43-48-53-58-63-74(4)5)73-96-100(89,90)94-69-75(82)68-93-99(87,88)95-72-76(70-91-78(83)64-59-54-49-44-23-20-17-14-11-8-3)97-80(85)66-61-56-51-46-39-22-19-16-13-10-7-2/h74-77,82H,6-73H2,1-5H3,(H,87,88)(H,89,90)/t75-,76+,77+/m0/s1. The van der Waals surface area contributed by atoms with Gasteiger partial charge in [-0.2, -0.15) is 0 Å². The number of phosphoric acid groups is 2. The molecule has 19 heteroatoms. The quantitative estimate of drug-likeness (QED) is 0.0222. The zero-order chi connectivity index (χ0) is 73.4. The van der Waals surface area contributed by atoms with Gasteiger partial charge < -0.3 is 33.8 Å². The van der Waals surface area contributed by atoms with Crippen LogP contribution in [0.1, 0.15) is 433 Å². The lowest BCUT2D eigenvalue weighted by Crippen LogP contribution is -2.30. The van der Waals surface area contributed by atoms with E-state index in [1.54, 1.807) is 0 Å². The highest BCUT2D eigenvalue weighted by Crippen LogP contribution is 2.45. The first-order chi connectivity index (χ1) is 48.5. The number of carbonyl (C=O) groups is 4. The van der Waals surface area contributed by atoms with Gasteiger partial charge in [-0.05, 0) is 31.6 Å². The average Bonchev–Trinajstić information content (AvgIpc) is 0.973. The first-order valence-electron chi connectivity index (χ1n) is 42.1. The number of hydrogen-bond acceptors (Lipinski definition) is 15. The lowest BCUT2D eigenvalue weighted by Gasteiger charge is -2.21. The van der Waals surface area contributed by atoms with E-state index in [0.717, 1.165) is 95.8 Å². The molecule has 0 aliphatic rings. The highest BCUT2D eigenvalue weighted by molar-refractivity contribution is 7.47. The summed E-state index contributed by atoms with van der Waals surface area (Å²) in [6.45, 7) is 7.34. The molecular formula is C81H158O17P2. The van der Waals surface area contributed by atoms with Gasteiger partial charge >= 0.3 is 39.5 Å². The van der Waals surface area contributed by atoms with Gasteiger partial charge in [-0.1, -0.05) is 381 Å². The maximum atomic E-state index is 13.1. The van der Waals surface area contributed by atoms with Gasteiger partial charge in [-0.15, -0.1) is 0 Å². The van der Waals surface area contributed by atoms with E-state index in [1.165, 1.54) is 257 Å². The summed E-state index contributed by atoms with van der Waals surface area (Å²) in [5, 5.41) is 10.6. The molecule has 0 aliphatic carbocycles. The average molecular weight is 1470 g/mol. The van der Waals surface area contributed by atoms with Crippen molar-refractivity contribution in [3.05, 3.63) is 0 Å². The van der Waals surface area contributed by atoms with Gasteiger partial charge in [0, 0.05) is 25.7 Å².